The molecule has 23 heavy (non-hydrogen) atoms. The van der Waals surface area contributed by atoms with Gasteiger partial charge in [0.2, 0.25) is 0 Å². The van der Waals surface area contributed by atoms with Crippen molar-refractivity contribution in [3.8, 4) is 0 Å². The molecule has 0 bridgehead atoms. The van der Waals surface area contributed by atoms with Crippen LogP contribution in [0.5, 0.6) is 0 Å². The quantitative estimate of drug-likeness (QED) is 0.611. The first kappa shape index (κ1) is 15.8. The summed E-state index contributed by atoms with van der Waals surface area (Å²) >= 11 is 5.79. The van der Waals surface area contributed by atoms with E-state index in [4.69, 9.17) is 16.3 Å². The Labute approximate surface area is 140 Å². The summed E-state index contributed by atoms with van der Waals surface area (Å²) in [6, 6.07) is 8.87. The van der Waals surface area contributed by atoms with E-state index in [0.717, 1.165) is 24.2 Å². The summed E-state index contributed by atoms with van der Waals surface area (Å²) in [7, 11) is 0. The molecule has 1 aliphatic rings. The average Bonchev–Trinajstić information content (AvgIpc) is 3.31. The third kappa shape index (κ3) is 3.32. The highest BCUT2D eigenvalue weighted by atomic mass is 35.5. The van der Waals surface area contributed by atoms with E-state index < -0.39 is 5.97 Å². The molecular formula is C18H18ClNO3. The fourth-order valence-corrected chi connectivity index (χ4v) is 2.93. The fourth-order valence-electron chi connectivity index (χ4n) is 2.81. The molecular weight excluding hydrogens is 314 g/mol. The number of carbonyl (C=O) groups excluding carboxylic acids is 2. The van der Waals surface area contributed by atoms with E-state index in [1.165, 1.54) is 0 Å². The van der Waals surface area contributed by atoms with Crippen LogP contribution in [0.25, 0.3) is 0 Å². The number of hydrogen-bond donors (Lipinski definition) is 0. The zero-order chi connectivity index (χ0) is 16.6. The molecule has 0 spiro atoms. The van der Waals surface area contributed by atoms with E-state index in [2.05, 4.69) is 4.57 Å². The van der Waals surface area contributed by atoms with Crippen LogP contribution in [-0.4, -0.2) is 22.9 Å². The van der Waals surface area contributed by atoms with E-state index in [0.29, 0.717) is 22.2 Å². The number of ether oxygens (including phenoxy) is 1. The maximum absolute atomic E-state index is 12.3. The molecule has 0 radical (unpaired) electrons. The lowest BCUT2D eigenvalue weighted by atomic mass is 10.1. The number of rotatable bonds is 5. The van der Waals surface area contributed by atoms with Crippen molar-refractivity contribution in [1.82, 2.24) is 4.57 Å². The number of benzene rings is 1. The highest BCUT2D eigenvalue weighted by molar-refractivity contribution is 6.30. The van der Waals surface area contributed by atoms with E-state index in [1.807, 2.05) is 19.9 Å². The molecule has 2 aromatic rings. The number of carbonyl (C=O) groups is 2. The van der Waals surface area contributed by atoms with Gasteiger partial charge in [0, 0.05) is 28.0 Å². The summed E-state index contributed by atoms with van der Waals surface area (Å²) in [5, 5.41) is 0.561. The topological polar surface area (TPSA) is 48.3 Å². The smallest absolute Gasteiger partial charge is 0.340 e. The van der Waals surface area contributed by atoms with Crippen molar-refractivity contribution in [2.24, 2.45) is 0 Å². The van der Waals surface area contributed by atoms with Crippen molar-refractivity contribution in [2.45, 2.75) is 32.7 Å². The molecule has 1 aromatic heterocycles. The van der Waals surface area contributed by atoms with Gasteiger partial charge in [0.25, 0.3) is 0 Å². The molecule has 1 heterocycles. The lowest BCUT2D eigenvalue weighted by molar-refractivity contribution is 0.0474. The number of Topliss-reactive ketones (excluding diaryl/α,β-unsaturated/α-hetero) is 1. The number of nitrogens with zero attached hydrogens (tertiary/aromatic N) is 1. The number of ketones is 1. The summed E-state index contributed by atoms with van der Waals surface area (Å²) < 4.78 is 7.37. The Morgan fingerprint density at radius 3 is 2.48 bits per heavy atom. The molecule has 0 unspecified atom stereocenters. The lowest BCUT2D eigenvalue weighted by Gasteiger charge is -2.08. The average molecular weight is 332 g/mol. The molecule has 4 nitrogen and oxygen atoms in total. The molecule has 0 amide bonds. The first-order valence-electron chi connectivity index (χ1n) is 7.61. The number of esters is 1. The monoisotopic (exact) mass is 331 g/mol. The van der Waals surface area contributed by atoms with Gasteiger partial charge in [-0.2, -0.15) is 0 Å². The molecule has 0 saturated heterocycles. The van der Waals surface area contributed by atoms with Gasteiger partial charge in [0.15, 0.2) is 12.4 Å². The van der Waals surface area contributed by atoms with Crippen molar-refractivity contribution in [2.75, 3.05) is 6.61 Å². The second kappa shape index (κ2) is 6.20. The van der Waals surface area contributed by atoms with Crippen molar-refractivity contribution < 1.29 is 14.3 Å². The Hall–Kier alpha value is -2.07. The number of halogens is 1. The summed E-state index contributed by atoms with van der Waals surface area (Å²) in [6.45, 7) is 3.64. The Bertz CT molecular complexity index is 757. The Morgan fingerprint density at radius 2 is 1.87 bits per heavy atom. The third-order valence-electron chi connectivity index (χ3n) is 4.12. The second-order valence-corrected chi connectivity index (χ2v) is 6.33. The molecule has 0 atom stereocenters. The van der Waals surface area contributed by atoms with Gasteiger partial charge in [-0.05, 0) is 57.0 Å². The highest BCUT2D eigenvalue weighted by Gasteiger charge is 2.28. The van der Waals surface area contributed by atoms with Crippen LogP contribution in [0.2, 0.25) is 5.02 Å². The zero-order valence-corrected chi connectivity index (χ0v) is 13.9. The molecule has 1 fully saturated rings. The maximum atomic E-state index is 12.3. The van der Waals surface area contributed by atoms with Gasteiger partial charge in [-0.3, -0.25) is 4.79 Å². The molecule has 120 valence electrons. The SMILES string of the molecule is Cc1cc(C(=O)OCC(=O)c2ccc(Cl)cc2)c(C)n1C1CC1. The summed E-state index contributed by atoms with van der Waals surface area (Å²) in [5.74, 6) is -0.696. The van der Waals surface area contributed by atoms with Gasteiger partial charge in [0.1, 0.15) is 0 Å². The molecule has 0 aliphatic heterocycles. The molecule has 1 aliphatic carbocycles. The van der Waals surface area contributed by atoms with E-state index >= 15 is 0 Å². The Morgan fingerprint density at radius 1 is 1.22 bits per heavy atom. The molecule has 3 rings (SSSR count). The standard InChI is InChI=1S/C18H18ClNO3/c1-11-9-16(12(2)20(11)15-7-8-15)18(22)23-10-17(21)13-3-5-14(19)6-4-13/h3-6,9,15H,7-8,10H2,1-2H3. The fraction of sp³-hybridized carbons (Fsp3) is 0.333. The Balaban J connectivity index is 1.66. The predicted molar refractivity (Wildman–Crippen MR) is 88.2 cm³/mol. The van der Waals surface area contributed by atoms with E-state index in [-0.39, 0.29) is 12.4 Å². The van der Waals surface area contributed by atoms with Gasteiger partial charge in [0.05, 0.1) is 5.56 Å². The van der Waals surface area contributed by atoms with Crippen LogP contribution >= 0.6 is 11.6 Å². The largest absolute Gasteiger partial charge is 0.454 e. The van der Waals surface area contributed by atoms with Gasteiger partial charge in [-0.1, -0.05) is 11.6 Å². The van der Waals surface area contributed by atoms with Crippen molar-refractivity contribution in [3.63, 3.8) is 0 Å². The van der Waals surface area contributed by atoms with E-state index in [9.17, 15) is 9.59 Å². The zero-order valence-electron chi connectivity index (χ0n) is 13.1. The third-order valence-corrected chi connectivity index (χ3v) is 4.37. The van der Waals surface area contributed by atoms with Gasteiger partial charge in [-0.25, -0.2) is 4.79 Å². The summed E-state index contributed by atoms with van der Waals surface area (Å²) in [5.41, 5.74) is 2.99. The van der Waals surface area contributed by atoms with Crippen molar-refractivity contribution in [3.05, 3.63) is 57.9 Å². The Kier molecular flexibility index (Phi) is 4.26. The molecule has 5 heteroatoms. The predicted octanol–water partition coefficient (Wildman–Crippen LogP) is 4.13. The van der Waals surface area contributed by atoms with Crippen LogP contribution in [0, 0.1) is 13.8 Å². The summed E-state index contributed by atoms with van der Waals surface area (Å²) in [4.78, 5) is 24.3. The minimum absolute atomic E-state index is 0.244. The van der Waals surface area contributed by atoms with Crippen LogP contribution in [0.1, 0.15) is 51.0 Å². The molecule has 1 saturated carbocycles. The van der Waals surface area contributed by atoms with E-state index in [1.54, 1.807) is 24.3 Å². The second-order valence-electron chi connectivity index (χ2n) is 5.89. The number of hydrogen-bond acceptors (Lipinski definition) is 3. The first-order chi connectivity index (χ1) is 11.0. The van der Waals surface area contributed by atoms with Crippen molar-refractivity contribution >= 4 is 23.4 Å². The number of aromatic nitrogens is 1. The van der Waals surface area contributed by atoms with Crippen LogP contribution in [-0.2, 0) is 4.74 Å². The number of aryl methyl sites for hydroxylation is 1. The van der Waals surface area contributed by atoms with Crippen molar-refractivity contribution in [1.29, 1.82) is 0 Å². The van der Waals surface area contributed by atoms with Gasteiger partial charge >= 0.3 is 5.97 Å². The van der Waals surface area contributed by atoms with Crippen LogP contribution < -0.4 is 0 Å². The summed E-state index contributed by atoms with van der Waals surface area (Å²) in [6.07, 6.45) is 2.31. The lowest BCUT2D eigenvalue weighted by Crippen LogP contribution is -2.15. The molecule has 1 aromatic carbocycles. The first-order valence-corrected chi connectivity index (χ1v) is 7.99. The normalized spacial score (nSPS) is 13.9. The minimum Gasteiger partial charge on any atom is -0.454 e. The van der Waals surface area contributed by atoms with Gasteiger partial charge in [-0.15, -0.1) is 0 Å². The highest BCUT2D eigenvalue weighted by Crippen LogP contribution is 2.38. The van der Waals surface area contributed by atoms with Crippen LogP contribution in [0.3, 0.4) is 0 Å². The maximum Gasteiger partial charge on any atom is 0.340 e. The van der Waals surface area contributed by atoms with Crippen LogP contribution in [0.4, 0.5) is 0 Å². The molecule has 0 N–H and O–H groups in total. The minimum atomic E-state index is -0.452. The van der Waals surface area contributed by atoms with Gasteiger partial charge < -0.3 is 9.30 Å². The van der Waals surface area contributed by atoms with Crippen LogP contribution in [0.15, 0.2) is 30.3 Å².